The topological polar surface area (TPSA) is 35.5 Å². The van der Waals surface area contributed by atoms with Crippen molar-refractivity contribution in [3.8, 4) is 0 Å². The minimum absolute atomic E-state index is 0.445. The molecular weight excluding hydrogens is 272 g/mol. The Bertz CT molecular complexity index is 527. The number of ether oxygens (including phenoxy) is 2. The molecular formula is C16H20O3S. The van der Waals surface area contributed by atoms with E-state index < -0.39 is 16.6 Å². The summed E-state index contributed by atoms with van der Waals surface area (Å²) in [5, 5.41) is 0. The van der Waals surface area contributed by atoms with Crippen molar-refractivity contribution in [2.45, 2.75) is 49.7 Å². The van der Waals surface area contributed by atoms with E-state index in [1.165, 1.54) is 5.56 Å². The standard InChI is InChI=1S/C16H20O3S/c1-13-4-6-14(7-5-13)20(17)15-8-10-16(19-12-15)9-2-3-11-18-16/h4-7,12H,2-3,8-11H2,1H3/t16-,20-/m0/s1. The van der Waals surface area contributed by atoms with Crippen molar-refractivity contribution in [3.63, 3.8) is 0 Å². The zero-order chi connectivity index (χ0) is 14.0. The van der Waals surface area contributed by atoms with Gasteiger partial charge in [-0.1, -0.05) is 17.7 Å². The summed E-state index contributed by atoms with van der Waals surface area (Å²) in [6, 6.07) is 7.83. The predicted octanol–water partition coefficient (Wildman–Crippen LogP) is 3.65. The molecule has 1 aromatic rings. The SMILES string of the molecule is Cc1ccc([S@](=O)C2=CO[C@@]3(CCCCO3)CC2)cc1. The minimum atomic E-state index is -1.12. The molecule has 0 aliphatic carbocycles. The van der Waals surface area contributed by atoms with Crippen LogP contribution in [0.4, 0.5) is 0 Å². The van der Waals surface area contributed by atoms with Crippen molar-refractivity contribution in [2.24, 2.45) is 0 Å². The van der Waals surface area contributed by atoms with Gasteiger partial charge in [0.05, 0.1) is 28.6 Å². The summed E-state index contributed by atoms with van der Waals surface area (Å²) in [5.41, 5.74) is 1.18. The van der Waals surface area contributed by atoms with Gasteiger partial charge in [-0.25, -0.2) is 4.21 Å². The fourth-order valence-electron chi connectivity index (χ4n) is 2.67. The molecule has 1 fully saturated rings. The molecule has 2 atom stereocenters. The van der Waals surface area contributed by atoms with Gasteiger partial charge in [0.2, 0.25) is 5.79 Å². The maximum absolute atomic E-state index is 12.5. The zero-order valence-corrected chi connectivity index (χ0v) is 12.6. The smallest absolute Gasteiger partial charge is 0.210 e. The van der Waals surface area contributed by atoms with Gasteiger partial charge in [-0.3, -0.25) is 0 Å². The largest absolute Gasteiger partial charge is 0.469 e. The van der Waals surface area contributed by atoms with Gasteiger partial charge >= 0.3 is 0 Å². The zero-order valence-electron chi connectivity index (χ0n) is 11.8. The first kappa shape index (κ1) is 13.8. The molecule has 1 aromatic carbocycles. The number of allylic oxidation sites excluding steroid dienone is 1. The van der Waals surface area contributed by atoms with Crippen molar-refractivity contribution in [3.05, 3.63) is 41.0 Å². The molecule has 1 spiro atoms. The van der Waals surface area contributed by atoms with Gasteiger partial charge in [0, 0.05) is 17.7 Å². The molecule has 4 heteroatoms. The summed E-state index contributed by atoms with van der Waals surface area (Å²) in [6.07, 6.45) is 6.44. The molecule has 2 aliphatic rings. The summed E-state index contributed by atoms with van der Waals surface area (Å²) in [7, 11) is -1.12. The Morgan fingerprint density at radius 3 is 2.55 bits per heavy atom. The molecule has 0 aromatic heterocycles. The molecule has 2 heterocycles. The molecule has 2 aliphatic heterocycles. The number of hydrogen-bond donors (Lipinski definition) is 0. The van der Waals surface area contributed by atoms with E-state index in [0.29, 0.717) is 0 Å². The summed E-state index contributed by atoms with van der Waals surface area (Å²) >= 11 is 0. The second-order valence-corrected chi connectivity index (χ2v) is 7.03. The molecule has 108 valence electrons. The Labute approximate surface area is 122 Å². The van der Waals surface area contributed by atoms with Crippen LogP contribution in [0.5, 0.6) is 0 Å². The normalized spacial score (nSPS) is 27.8. The van der Waals surface area contributed by atoms with Crippen LogP contribution in [-0.2, 0) is 20.3 Å². The first-order valence-corrected chi connectivity index (χ1v) is 8.33. The third-order valence-electron chi connectivity index (χ3n) is 3.95. The predicted molar refractivity (Wildman–Crippen MR) is 78.5 cm³/mol. The highest BCUT2D eigenvalue weighted by Gasteiger charge is 2.37. The van der Waals surface area contributed by atoms with E-state index in [2.05, 4.69) is 0 Å². The van der Waals surface area contributed by atoms with Crippen LogP contribution in [0.3, 0.4) is 0 Å². The van der Waals surface area contributed by atoms with E-state index in [1.807, 2.05) is 31.2 Å². The lowest BCUT2D eigenvalue weighted by atomic mass is 9.99. The Balaban J connectivity index is 1.72. The molecule has 1 saturated heterocycles. The number of rotatable bonds is 2. The molecule has 3 rings (SSSR count). The van der Waals surface area contributed by atoms with Crippen molar-refractivity contribution in [1.29, 1.82) is 0 Å². The van der Waals surface area contributed by atoms with Gasteiger partial charge in [0.1, 0.15) is 0 Å². The number of aryl methyl sites for hydroxylation is 1. The van der Waals surface area contributed by atoms with Crippen molar-refractivity contribution < 1.29 is 13.7 Å². The molecule has 0 amide bonds. The van der Waals surface area contributed by atoms with Gasteiger partial charge in [-0.05, 0) is 38.3 Å². The Morgan fingerprint density at radius 1 is 1.15 bits per heavy atom. The minimum Gasteiger partial charge on any atom is -0.469 e. The van der Waals surface area contributed by atoms with Crippen LogP contribution in [0.15, 0.2) is 40.3 Å². The van der Waals surface area contributed by atoms with Crippen LogP contribution in [0, 0.1) is 6.92 Å². The molecule has 0 N–H and O–H groups in total. The van der Waals surface area contributed by atoms with E-state index in [1.54, 1.807) is 6.26 Å². The van der Waals surface area contributed by atoms with Crippen LogP contribution >= 0.6 is 0 Å². The summed E-state index contributed by atoms with van der Waals surface area (Å²) < 4.78 is 24.1. The maximum atomic E-state index is 12.5. The molecule has 0 bridgehead atoms. The van der Waals surface area contributed by atoms with Crippen LogP contribution < -0.4 is 0 Å². The van der Waals surface area contributed by atoms with Crippen molar-refractivity contribution in [2.75, 3.05) is 6.61 Å². The maximum Gasteiger partial charge on any atom is 0.210 e. The van der Waals surface area contributed by atoms with Gasteiger partial charge in [-0.2, -0.15) is 0 Å². The van der Waals surface area contributed by atoms with Crippen LogP contribution in [-0.4, -0.2) is 16.6 Å². The lowest BCUT2D eigenvalue weighted by molar-refractivity contribution is -0.236. The number of hydrogen-bond acceptors (Lipinski definition) is 3. The first-order valence-electron chi connectivity index (χ1n) is 7.18. The second kappa shape index (κ2) is 5.70. The average Bonchev–Trinajstić information content (AvgIpc) is 2.49. The van der Waals surface area contributed by atoms with Gasteiger partial charge in [-0.15, -0.1) is 0 Å². The van der Waals surface area contributed by atoms with Crippen LogP contribution in [0.1, 0.15) is 37.7 Å². The van der Waals surface area contributed by atoms with E-state index in [0.717, 1.165) is 48.5 Å². The Hall–Kier alpha value is -1.13. The Morgan fingerprint density at radius 2 is 1.95 bits per heavy atom. The average molecular weight is 292 g/mol. The molecule has 0 radical (unpaired) electrons. The van der Waals surface area contributed by atoms with Crippen molar-refractivity contribution in [1.82, 2.24) is 0 Å². The first-order chi connectivity index (χ1) is 9.69. The van der Waals surface area contributed by atoms with Gasteiger partial charge < -0.3 is 9.47 Å². The molecule has 0 unspecified atom stereocenters. The van der Waals surface area contributed by atoms with Gasteiger partial charge in [0.15, 0.2) is 0 Å². The van der Waals surface area contributed by atoms with Gasteiger partial charge in [0.25, 0.3) is 0 Å². The molecule has 0 saturated carbocycles. The second-order valence-electron chi connectivity index (χ2n) is 5.50. The highest BCUT2D eigenvalue weighted by atomic mass is 32.2. The molecule has 3 nitrogen and oxygen atoms in total. The lowest BCUT2D eigenvalue weighted by Crippen LogP contribution is -2.39. The van der Waals surface area contributed by atoms with E-state index in [9.17, 15) is 4.21 Å². The fourth-order valence-corrected chi connectivity index (χ4v) is 3.78. The fraction of sp³-hybridized carbons (Fsp3) is 0.500. The van der Waals surface area contributed by atoms with Crippen LogP contribution in [0.25, 0.3) is 0 Å². The Kier molecular flexibility index (Phi) is 3.94. The highest BCUT2D eigenvalue weighted by molar-refractivity contribution is 7.89. The summed E-state index contributed by atoms with van der Waals surface area (Å²) in [6.45, 7) is 2.80. The summed E-state index contributed by atoms with van der Waals surface area (Å²) in [5.74, 6) is -0.445. The van der Waals surface area contributed by atoms with Crippen molar-refractivity contribution >= 4 is 10.8 Å². The van der Waals surface area contributed by atoms with E-state index in [-0.39, 0.29) is 0 Å². The van der Waals surface area contributed by atoms with E-state index in [4.69, 9.17) is 9.47 Å². The van der Waals surface area contributed by atoms with E-state index >= 15 is 0 Å². The van der Waals surface area contributed by atoms with Crippen LogP contribution in [0.2, 0.25) is 0 Å². The molecule has 20 heavy (non-hydrogen) atoms. The number of benzene rings is 1. The lowest BCUT2D eigenvalue weighted by Gasteiger charge is -2.38. The third kappa shape index (κ3) is 2.81. The summed E-state index contributed by atoms with van der Waals surface area (Å²) in [4.78, 5) is 1.69. The highest BCUT2D eigenvalue weighted by Crippen LogP contribution is 2.37. The quantitative estimate of drug-likeness (QED) is 0.834. The monoisotopic (exact) mass is 292 g/mol. The third-order valence-corrected chi connectivity index (χ3v) is 5.42.